The van der Waals surface area contributed by atoms with E-state index in [0.29, 0.717) is 24.4 Å². The summed E-state index contributed by atoms with van der Waals surface area (Å²) in [4.78, 5) is 20.7. The molecule has 122 valence electrons. The summed E-state index contributed by atoms with van der Waals surface area (Å²) < 4.78 is 5.65. The van der Waals surface area contributed by atoms with Gasteiger partial charge in [-0.3, -0.25) is 9.78 Å². The second kappa shape index (κ2) is 7.55. The van der Waals surface area contributed by atoms with Crippen molar-refractivity contribution in [2.24, 2.45) is 0 Å². The van der Waals surface area contributed by atoms with Crippen LogP contribution in [0.25, 0.3) is 11.0 Å². The highest BCUT2D eigenvalue weighted by atomic mass is 16.5. The van der Waals surface area contributed by atoms with Crippen molar-refractivity contribution < 1.29 is 9.53 Å². The Morgan fingerprint density at radius 3 is 2.79 bits per heavy atom. The van der Waals surface area contributed by atoms with Crippen LogP contribution in [0.5, 0.6) is 5.75 Å². The first kappa shape index (κ1) is 15.9. The van der Waals surface area contributed by atoms with Gasteiger partial charge in [0.25, 0.3) is 5.91 Å². The first-order valence-corrected chi connectivity index (χ1v) is 7.92. The molecule has 1 aromatic heterocycles. The van der Waals surface area contributed by atoms with Gasteiger partial charge in [-0.1, -0.05) is 24.3 Å². The average Bonchev–Trinajstić information content (AvgIpc) is 2.61. The molecular formula is C19H19N3O2. The molecule has 0 saturated heterocycles. The number of aryl methyl sites for hydroxylation is 1. The number of fused-ring (bicyclic) bond motifs is 1. The van der Waals surface area contributed by atoms with Crippen LogP contribution in [0.3, 0.4) is 0 Å². The van der Waals surface area contributed by atoms with E-state index in [1.54, 1.807) is 0 Å². The molecule has 0 radical (unpaired) electrons. The van der Waals surface area contributed by atoms with Gasteiger partial charge in [0.15, 0.2) is 0 Å². The third-order valence-electron chi connectivity index (χ3n) is 3.55. The lowest BCUT2D eigenvalue weighted by Gasteiger charge is -2.08. The highest BCUT2D eigenvalue weighted by Crippen LogP contribution is 2.12. The van der Waals surface area contributed by atoms with Crippen LogP contribution in [0, 0.1) is 6.92 Å². The monoisotopic (exact) mass is 321 g/mol. The van der Waals surface area contributed by atoms with Crippen LogP contribution < -0.4 is 10.1 Å². The number of carbonyl (C=O) groups excluding carboxylic acids is 1. The number of amides is 1. The lowest BCUT2D eigenvalue weighted by Crippen LogP contribution is -2.26. The van der Waals surface area contributed by atoms with Crippen LogP contribution in [0.2, 0.25) is 0 Å². The van der Waals surface area contributed by atoms with Crippen LogP contribution in [-0.2, 0) is 0 Å². The van der Waals surface area contributed by atoms with Crippen molar-refractivity contribution >= 4 is 16.9 Å². The van der Waals surface area contributed by atoms with Crippen molar-refractivity contribution in [1.82, 2.24) is 15.3 Å². The predicted octanol–water partition coefficient (Wildman–Crippen LogP) is 3.14. The van der Waals surface area contributed by atoms with Crippen molar-refractivity contribution in [1.29, 1.82) is 0 Å². The van der Waals surface area contributed by atoms with Gasteiger partial charge in [-0.2, -0.15) is 0 Å². The number of aromatic nitrogens is 2. The summed E-state index contributed by atoms with van der Waals surface area (Å²) in [6, 6.07) is 15.4. The number of hydrogen-bond acceptors (Lipinski definition) is 4. The molecule has 0 aliphatic heterocycles. The minimum atomic E-state index is -0.219. The Balaban J connectivity index is 1.46. The zero-order valence-electron chi connectivity index (χ0n) is 13.5. The van der Waals surface area contributed by atoms with Crippen LogP contribution in [0.4, 0.5) is 0 Å². The van der Waals surface area contributed by atoms with Gasteiger partial charge in [-0.25, -0.2) is 4.98 Å². The number of hydrogen-bond donors (Lipinski definition) is 1. The van der Waals surface area contributed by atoms with E-state index in [-0.39, 0.29) is 5.91 Å². The minimum Gasteiger partial charge on any atom is -0.494 e. The number of ether oxygens (including phenoxy) is 1. The SMILES string of the molecule is Cc1cccc(OCCCNC(=O)c2cnc3ccccc3n2)c1. The fraction of sp³-hybridized carbons (Fsp3) is 0.211. The van der Waals surface area contributed by atoms with Crippen molar-refractivity contribution in [2.75, 3.05) is 13.2 Å². The first-order chi connectivity index (χ1) is 11.7. The molecule has 0 unspecified atom stereocenters. The normalized spacial score (nSPS) is 10.5. The zero-order chi connectivity index (χ0) is 16.8. The fourth-order valence-corrected chi connectivity index (χ4v) is 2.33. The summed E-state index contributed by atoms with van der Waals surface area (Å²) in [7, 11) is 0. The molecule has 0 fully saturated rings. The first-order valence-electron chi connectivity index (χ1n) is 7.92. The maximum absolute atomic E-state index is 12.1. The number of benzene rings is 2. The number of carbonyl (C=O) groups is 1. The average molecular weight is 321 g/mol. The van der Waals surface area contributed by atoms with Crippen molar-refractivity contribution in [3.8, 4) is 5.75 Å². The molecule has 1 heterocycles. The van der Waals surface area contributed by atoms with Crippen LogP contribution >= 0.6 is 0 Å². The lowest BCUT2D eigenvalue weighted by molar-refractivity contribution is 0.0946. The van der Waals surface area contributed by atoms with Crippen LogP contribution in [0.1, 0.15) is 22.5 Å². The van der Waals surface area contributed by atoms with Gasteiger partial charge in [0.1, 0.15) is 11.4 Å². The Hall–Kier alpha value is -2.95. The summed E-state index contributed by atoms with van der Waals surface area (Å²) in [6.07, 6.45) is 2.22. The number of para-hydroxylation sites is 2. The molecule has 0 aliphatic rings. The summed E-state index contributed by atoms with van der Waals surface area (Å²) >= 11 is 0. The van der Waals surface area contributed by atoms with Gasteiger partial charge >= 0.3 is 0 Å². The molecule has 3 aromatic rings. The Morgan fingerprint density at radius 1 is 1.12 bits per heavy atom. The molecule has 0 aliphatic carbocycles. The summed E-state index contributed by atoms with van der Waals surface area (Å²) in [6.45, 7) is 3.10. The Morgan fingerprint density at radius 2 is 1.96 bits per heavy atom. The van der Waals surface area contributed by atoms with E-state index in [0.717, 1.165) is 23.3 Å². The van der Waals surface area contributed by atoms with E-state index >= 15 is 0 Å². The van der Waals surface area contributed by atoms with E-state index < -0.39 is 0 Å². The third kappa shape index (κ3) is 4.07. The smallest absolute Gasteiger partial charge is 0.271 e. The quantitative estimate of drug-likeness (QED) is 0.708. The van der Waals surface area contributed by atoms with Crippen LogP contribution in [-0.4, -0.2) is 29.0 Å². The molecule has 2 aromatic carbocycles. The number of rotatable bonds is 6. The van der Waals surface area contributed by atoms with E-state index in [9.17, 15) is 4.79 Å². The largest absolute Gasteiger partial charge is 0.494 e. The van der Waals surface area contributed by atoms with Crippen molar-refractivity contribution in [3.05, 3.63) is 66.0 Å². The standard InChI is InChI=1S/C19H19N3O2/c1-14-6-4-7-15(12-14)24-11-5-10-20-19(23)18-13-21-16-8-2-3-9-17(16)22-18/h2-4,6-9,12-13H,5,10-11H2,1H3,(H,20,23). The molecule has 0 atom stereocenters. The highest BCUT2D eigenvalue weighted by Gasteiger charge is 2.08. The molecular weight excluding hydrogens is 302 g/mol. The maximum atomic E-state index is 12.1. The summed E-state index contributed by atoms with van der Waals surface area (Å²) in [5.41, 5.74) is 2.98. The predicted molar refractivity (Wildman–Crippen MR) is 93.2 cm³/mol. The fourth-order valence-electron chi connectivity index (χ4n) is 2.33. The Kier molecular flexibility index (Phi) is 5.01. The maximum Gasteiger partial charge on any atom is 0.271 e. The van der Waals surface area contributed by atoms with Gasteiger partial charge in [-0.05, 0) is 43.2 Å². The van der Waals surface area contributed by atoms with Gasteiger partial charge in [-0.15, -0.1) is 0 Å². The van der Waals surface area contributed by atoms with Gasteiger partial charge in [0.05, 0.1) is 23.8 Å². The lowest BCUT2D eigenvalue weighted by atomic mass is 10.2. The van der Waals surface area contributed by atoms with Gasteiger partial charge in [0, 0.05) is 6.54 Å². The molecule has 1 N–H and O–H groups in total. The molecule has 0 bridgehead atoms. The van der Waals surface area contributed by atoms with Crippen molar-refractivity contribution in [2.45, 2.75) is 13.3 Å². The van der Waals surface area contributed by atoms with Gasteiger partial charge < -0.3 is 10.1 Å². The van der Waals surface area contributed by atoms with E-state index in [2.05, 4.69) is 15.3 Å². The second-order valence-electron chi connectivity index (χ2n) is 5.52. The van der Waals surface area contributed by atoms with Crippen molar-refractivity contribution in [3.63, 3.8) is 0 Å². The Bertz CT molecular complexity index is 849. The minimum absolute atomic E-state index is 0.219. The summed E-state index contributed by atoms with van der Waals surface area (Å²) in [5.74, 6) is 0.630. The third-order valence-corrected chi connectivity index (χ3v) is 3.55. The highest BCUT2D eigenvalue weighted by molar-refractivity contribution is 5.93. The number of nitrogens with one attached hydrogen (secondary N) is 1. The van der Waals surface area contributed by atoms with E-state index in [1.165, 1.54) is 6.20 Å². The molecule has 0 spiro atoms. The molecule has 0 saturated carbocycles. The topological polar surface area (TPSA) is 64.1 Å². The summed E-state index contributed by atoms with van der Waals surface area (Å²) in [5, 5.41) is 2.84. The van der Waals surface area contributed by atoms with E-state index in [4.69, 9.17) is 4.74 Å². The molecule has 24 heavy (non-hydrogen) atoms. The molecule has 3 rings (SSSR count). The molecule has 5 heteroatoms. The van der Waals surface area contributed by atoms with Crippen LogP contribution in [0.15, 0.2) is 54.7 Å². The molecule has 1 amide bonds. The Labute approximate surface area is 140 Å². The zero-order valence-corrected chi connectivity index (χ0v) is 13.5. The van der Waals surface area contributed by atoms with Gasteiger partial charge in [0.2, 0.25) is 0 Å². The van der Waals surface area contributed by atoms with E-state index in [1.807, 2.05) is 55.5 Å². The number of nitrogens with zero attached hydrogens (tertiary/aromatic N) is 2. The molecule has 5 nitrogen and oxygen atoms in total. The second-order valence-corrected chi connectivity index (χ2v) is 5.52.